The first-order valence-corrected chi connectivity index (χ1v) is 17.0. The van der Waals surface area contributed by atoms with Crippen LogP contribution in [0.2, 0.25) is 0 Å². The van der Waals surface area contributed by atoms with E-state index < -0.39 is 34.9 Å². The molecule has 3 aromatic rings. The number of carboxylic acids is 1. The van der Waals surface area contributed by atoms with E-state index in [1.165, 1.54) is 11.8 Å². The average Bonchev–Trinajstić information content (AvgIpc) is 3.10. The normalized spacial score (nSPS) is 13.8. The molecule has 3 atom stereocenters. The second-order valence-electron chi connectivity index (χ2n) is 13.6. The molecule has 0 aromatic heterocycles. The second kappa shape index (κ2) is 17.7. The van der Waals surface area contributed by atoms with Gasteiger partial charge in [0.1, 0.15) is 6.04 Å². The van der Waals surface area contributed by atoms with E-state index in [9.17, 15) is 24.3 Å². The Morgan fingerprint density at radius 1 is 0.735 bits per heavy atom. The van der Waals surface area contributed by atoms with Crippen LogP contribution in [0, 0.1) is 5.92 Å². The summed E-state index contributed by atoms with van der Waals surface area (Å²) in [5, 5.41) is 15.8. The number of amides is 2. The molecule has 2 amide bonds. The minimum atomic E-state index is -1.06. The average molecular weight is 670 g/mol. The summed E-state index contributed by atoms with van der Waals surface area (Å²) in [6, 6.07) is 23.6. The molecule has 3 aromatic carbocycles. The molecule has 0 bridgehead atoms. The fourth-order valence-corrected chi connectivity index (χ4v) is 6.03. The van der Waals surface area contributed by atoms with Gasteiger partial charge in [-0.2, -0.15) is 0 Å². The monoisotopic (exact) mass is 669 g/mol. The van der Waals surface area contributed by atoms with Gasteiger partial charge in [0.05, 0.1) is 12.1 Å². The largest absolute Gasteiger partial charge is 0.478 e. The van der Waals surface area contributed by atoms with Crippen molar-refractivity contribution in [1.82, 2.24) is 15.5 Å². The quantitative estimate of drug-likeness (QED) is 0.129. The lowest BCUT2D eigenvalue weighted by Crippen LogP contribution is -2.63. The molecule has 0 aliphatic heterocycles. The zero-order chi connectivity index (χ0) is 37.1. The second-order valence-corrected chi connectivity index (χ2v) is 13.6. The summed E-state index contributed by atoms with van der Waals surface area (Å²) in [5.74, 6) is -2.01. The minimum absolute atomic E-state index is 0.108. The Labute approximate surface area is 293 Å². The van der Waals surface area contributed by atoms with Crippen molar-refractivity contribution < 1.29 is 24.3 Å². The maximum Gasteiger partial charge on any atom is 0.331 e. The molecule has 264 valence electrons. The first-order chi connectivity index (χ1) is 23.0. The predicted molar refractivity (Wildman–Crippen MR) is 198 cm³/mol. The van der Waals surface area contributed by atoms with Crippen molar-refractivity contribution in [3.05, 3.63) is 119 Å². The molecule has 0 saturated heterocycles. The topological polar surface area (TPSA) is 116 Å². The number of carbonyl (C=O) groups is 4. The fourth-order valence-electron chi connectivity index (χ4n) is 6.03. The number of nitrogens with zero attached hydrogens (tertiary/aromatic N) is 1. The van der Waals surface area contributed by atoms with Crippen molar-refractivity contribution >= 4 is 23.6 Å². The summed E-state index contributed by atoms with van der Waals surface area (Å²) in [6.07, 6.45) is 1.58. The summed E-state index contributed by atoms with van der Waals surface area (Å²) in [5.41, 5.74) is 1.33. The number of benzene rings is 3. The van der Waals surface area contributed by atoms with Gasteiger partial charge in [0.2, 0.25) is 11.8 Å². The van der Waals surface area contributed by atoms with Gasteiger partial charge >= 0.3 is 5.97 Å². The Balaban J connectivity index is 0.00000409. The van der Waals surface area contributed by atoms with Crippen LogP contribution < -0.4 is 10.6 Å². The van der Waals surface area contributed by atoms with Crippen molar-refractivity contribution in [1.29, 1.82) is 0 Å². The molecule has 8 heteroatoms. The van der Waals surface area contributed by atoms with Gasteiger partial charge in [0, 0.05) is 34.6 Å². The van der Waals surface area contributed by atoms with Crippen LogP contribution in [0.15, 0.2) is 96.6 Å². The van der Waals surface area contributed by atoms with Crippen molar-refractivity contribution in [2.45, 2.75) is 91.3 Å². The smallest absolute Gasteiger partial charge is 0.331 e. The van der Waals surface area contributed by atoms with Gasteiger partial charge in [-0.1, -0.05) is 146 Å². The van der Waals surface area contributed by atoms with Crippen LogP contribution in [0.3, 0.4) is 0 Å². The molecule has 49 heavy (non-hydrogen) atoms. The molecule has 0 fully saturated rings. The van der Waals surface area contributed by atoms with E-state index >= 15 is 0 Å². The Hall–Kier alpha value is -4.56. The zero-order valence-corrected chi connectivity index (χ0v) is 31.0. The number of aliphatic carboxylic acids is 1. The maximum absolute atomic E-state index is 14.5. The molecule has 0 aliphatic carbocycles. The molecule has 8 nitrogen and oxygen atoms in total. The van der Waals surface area contributed by atoms with Gasteiger partial charge in [-0.3, -0.25) is 14.4 Å². The highest BCUT2D eigenvalue weighted by atomic mass is 16.4. The van der Waals surface area contributed by atoms with Crippen molar-refractivity contribution in [2.24, 2.45) is 5.92 Å². The lowest BCUT2D eigenvalue weighted by atomic mass is 9.74. The highest BCUT2D eigenvalue weighted by Gasteiger charge is 2.44. The van der Waals surface area contributed by atoms with Gasteiger partial charge < -0.3 is 20.6 Å². The number of ketones is 1. The van der Waals surface area contributed by atoms with Gasteiger partial charge in [-0.05, 0) is 31.0 Å². The summed E-state index contributed by atoms with van der Waals surface area (Å²) >= 11 is 0. The van der Waals surface area contributed by atoms with Crippen LogP contribution in [-0.2, 0) is 25.2 Å². The lowest BCUT2D eigenvalue weighted by molar-refractivity contribution is -0.139. The fraction of sp³-hybridized carbons (Fsp3) is 0.415. The van der Waals surface area contributed by atoms with Gasteiger partial charge in [-0.15, -0.1) is 0 Å². The summed E-state index contributed by atoms with van der Waals surface area (Å²) < 4.78 is 0. The molecular formula is C41H55N3O5. The highest BCUT2D eigenvalue weighted by molar-refractivity contribution is 6.09. The van der Waals surface area contributed by atoms with E-state index in [0.29, 0.717) is 11.1 Å². The van der Waals surface area contributed by atoms with E-state index in [1.807, 2.05) is 116 Å². The molecule has 3 rings (SSSR count). The van der Waals surface area contributed by atoms with Crippen LogP contribution in [0.1, 0.15) is 89.4 Å². The van der Waals surface area contributed by atoms with Gasteiger partial charge in [0.25, 0.3) is 0 Å². The number of carboxylic acid groups (broad SMARTS) is 1. The van der Waals surface area contributed by atoms with E-state index in [1.54, 1.807) is 44.4 Å². The predicted octanol–water partition coefficient (Wildman–Crippen LogP) is 6.79. The van der Waals surface area contributed by atoms with E-state index in [4.69, 9.17) is 0 Å². The molecule has 3 N–H and O–H groups in total. The van der Waals surface area contributed by atoms with Crippen LogP contribution >= 0.6 is 0 Å². The third-order valence-electron chi connectivity index (χ3n) is 9.21. The van der Waals surface area contributed by atoms with E-state index in [2.05, 4.69) is 10.6 Å². The third kappa shape index (κ3) is 9.76. The SMILES string of the molecule is CC.CN[C@H](C(=O)NC(C(=O)N(C)[C@H](/C=C(\C)C(=O)O)C(C)C)C(C)(C)c1ccc(C(=O)c2ccccc2)cc1)C(C)(C)c1ccccc1. The van der Waals surface area contributed by atoms with Gasteiger partial charge in [-0.25, -0.2) is 4.79 Å². The molecule has 0 spiro atoms. The first-order valence-electron chi connectivity index (χ1n) is 17.0. The Kier molecular flexibility index (Phi) is 14.7. The highest BCUT2D eigenvalue weighted by Crippen LogP contribution is 2.32. The Morgan fingerprint density at radius 2 is 1.18 bits per heavy atom. The molecule has 0 saturated carbocycles. The summed E-state index contributed by atoms with van der Waals surface area (Å²) in [4.78, 5) is 55.1. The molecule has 0 radical (unpaired) electrons. The number of hydrogen-bond donors (Lipinski definition) is 3. The third-order valence-corrected chi connectivity index (χ3v) is 9.21. The van der Waals surface area contributed by atoms with Crippen molar-refractivity contribution in [3.8, 4) is 0 Å². The van der Waals surface area contributed by atoms with Crippen LogP contribution in [0.25, 0.3) is 0 Å². The molecular weight excluding hydrogens is 614 g/mol. The molecule has 1 unspecified atom stereocenters. The zero-order valence-electron chi connectivity index (χ0n) is 31.0. The molecule has 0 heterocycles. The first kappa shape index (κ1) is 40.6. The van der Waals surface area contributed by atoms with Crippen LogP contribution in [0.4, 0.5) is 0 Å². The lowest BCUT2D eigenvalue weighted by Gasteiger charge is -2.41. The molecule has 0 aliphatic rings. The van der Waals surface area contributed by atoms with Crippen LogP contribution in [0.5, 0.6) is 0 Å². The number of carbonyl (C=O) groups excluding carboxylic acids is 3. The number of hydrogen-bond acceptors (Lipinski definition) is 5. The summed E-state index contributed by atoms with van der Waals surface area (Å²) in [7, 11) is 3.36. The standard InChI is InChI=1S/C39H49N3O5.C2H6/c1-25(2)31(24-26(3)37(46)47)42(9)36(45)34(41-35(44)33(40-8)38(4,5)29-18-14-11-15-19-29)39(6,7)30-22-20-28(21-23-30)32(43)27-16-12-10-13-17-27;1-2/h10-25,31,33-34,40H,1-9H3,(H,41,44)(H,46,47);1-2H3/b26-24+;/t31-,33-,34?;/m1./s1. The summed E-state index contributed by atoms with van der Waals surface area (Å²) in [6.45, 7) is 17.1. The van der Waals surface area contributed by atoms with E-state index in [-0.39, 0.29) is 29.1 Å². The number of rotatable bonds is 14. The Morgan fingerprint density at radius 3 is 1.65 bits per heavy atom. The van der Waals surface area contributed by atoms with E-state index in [0.717, 1.165) is 11.1 Å². The van der Waals surface area contributed by atoms with Crippen molar-refractivity contribution in [3.63, 3.8) is 0 Å². The van der Waals surface area contributed by atoms with Crippen LogP contribution in [-0.4, -0.2) is 65.8 Å². The maximum atomic E-state index is 14.5. The number of nitrogens with one attached hydrogen (secondary N) is 2. The number of likely N-dealkylation sites (N-methyl/N-ethyl adjacent to an activating group) is 2. The van der Waals surface area contributed by atoms with Crippen molar-refractivity contribution in [2.75, 3.05) is 14.1 Å². The van der Waals surface area contributed by atoms with Gasteiger partial charge in [0.15, 0.2) is 5.78 Å². The minimum Gasteiger partial charge on any atom is -0.478 e. The Bertz CT molecular complexity index is 1580.